The predicted molar refractivity (Wildman–Crippen MR) is 88.4 cm³/mol. The van der Waals surface area contributed by atoms with Crippen molar-refractivity contribution in [3.63, 3.8) is 0 Å². The molecule has 1 aliphatic heterocycles. The number of hydrogen-bond acceptors (Lipinski definition) is 2. The zero-order chi connectivity index (χ0) is 15.2. The van der Waals surface area contributed by atoms with E-state index in [1.807, 2.05) is 6.07 Å². The van der Waals surface area contributed by atoms with Gasteiger partial charge in [0.2, 0.25) is 0 Å². The monoisotopic (exact) mass is 292 g/mol. The van der Waals surface area contributed by atoms with Gasteiger partial charge in [0, 0.05) is 29.9 Å². The topological polar surface area (TPSA) is 15.3 Å². The Balaban J connectivity index is 2.38. The predicted octanol–water partition coefficient (Wildman–Crippen LogP) is 4.66. The molecule has 0 aliphatic carbocycles. The molecule has 1 heterocycles. The molecule has 2 atom stereocenters. The van der Waals surface area contributed by atoms with E-state index in [0.717, 1.165) is 30.8 Å². The summed E-state index contributed by atoms with van der Waals surface area (Å²) in [7, 11) is 0. The van der Waals surface area contributed by atoms with Crippen LogP contribution in [0.3, 0.4) is 0 Å². The summed E-state index contributed by atoms with van der Waals surface area (Å²) in [4.78, 5) is 2.46. The Kier molecular flexibility index (Phi) is 6.04. The standard InChI is InChI=1S/C18H29FN2/c1-4-15-10-7-6-8-13-21(15)17-12-9-11-16(19)18(17)14(3)20-5-2/h9,11-12,14-15,20H,4-8,10,13H2,1-3H3. The van der Waals surface area contributed by atoms with Crippen LogP contribution in [0.25, 0.3) is 0 Å². The maximum Gasteiger partial charge on any atom is 0.130 e. The molecular formula is C18H29FN2. The van der Waals surface area contributed by atoms with E-state index in [-0.39, 0.29) is 11.9 Å². The molecule has 3 heteroatoms. The van der Waals surface area contributed by atoms with Crippen molar-refractivity contribution in [1.82, 2.24) is 5.32 Å². The first kappa shape index (κ1) is 16.3. The van der Waals surface area contributed by atoms with Gasteiger partial charge in [-0.3, -0.25) is 0 Å². The fourth-order valence-electron chi connectivity index (χ4n) is 3.53. The lowest BCUT2D eigenvalue weighted by Crippen LogP contribution is -2.36. The molecule has 1 aromatic carbocycles. The van der Waals surface area contributed by atoms with Crippen LogP contribution in [0.5, 0.6) is 0 Å². The Morgan fingerprint density at radius 3 is 2.81 bits per heavy atom. The molecule has 0 saturated carbocycles. The first-order chi connectivity index (χ1) is 10.2. The van der Waals surface area contributed by atoms with Crippen LogP contribution in [0, 0.1) is 5.82 Å². The van der Waals surface area contributed by atoms with Gasteiger partial charge in [0.25, 0.3) is 0 Å². The summed E-state index contributed by atoms with van der Waals surface area (Å²) in [6.45, 7) is 8.28. The minimum Gasteiger partial charge on any atom is -0.368 e. The SMILES string of the molecule is CCNC(C)c1c(F)cccc1N1CCCCCC1CC. The lowest BCUT2D eigenvalue weighted by atomic mass is 10.0. The van der Waals surface area contributed by atoms with Gasteiger partial charge in [-0.05, 0) is 44.9 Å². The van der Waals surface area contributed by atoms with Gasteiger partial charge in [0.05, 0.1) is 0 Å². The van der Waals surface area contributed by atoms with Crippen molar-refractivity contribution in [2.24, 2.45) is 0 Å². The van der Waals surface area contributed by atoms with E-state index < -0.39 is 0 Å². The molecule has 1 fully saturated rings. The number of benzene rings is 1. The van der Waals surface area contributed by atoms with Crippen LogP contribution in [0.15, 0.2) is 18.2 Å². The third-order valence-corrected chi connectivity index (χ3v) is 4.63. The second kappa shape index (κ2) is 7.79. The Morgan fingerprint density at radius 2 is 2.10 bits per heavy atom. The van der Waals surface area contributed by atoms with Gasteiger partial charge in [-0.1, -0.05) is 32.8 Å². The summed E-state index contributed by atoms with van der Waals surface area (Å²) in [5.74, 6) is -0.0833. The van der Waals surface area contributed by atoms with E-state index >= 15 is 0 Å². The Morgan fingerprint density at radius 1 is 1.29 bits per heavy atom. The van der Waals surface area contributed by atoms with Gasteiger partial charge < -0.3 is 10.2 Å². The fraction of sp³-hybridized carbons (Fsp3) is 0.667. The zero-order valence-corrected chi connectivity index (χ0v) is 13.7. The van der Waals surface area contributed by atoms with Crippen LogP contribution < -0.4 is 10.2 Å². The quantitative estimate of drug-likeness (QED) is 0.849. The molecule has 118 valence electrons. The summed E-state index contributed by atoms with van der Waals surface area (Å²) < 4.78 is 14.4. The largest absolute Gasteiger partial charge is 0.368 e. The highest BCUT2D eigenvalue weighted by Crippen LogP contribution is 2.33. The Labute approximate surface area is 128 Å². The van der Waals surface area contributed by atoms with Crippen LogP contribution in [0.4, 0.5) is 10.1 Å². The summed E-state index contributed by atoms with van der Waals surface area (Å²) in [5, 5.41) is 3.36. The van der Waals surface area contributed by atoms with Crippen LogP contribution in [0.2, 0.25) is 0 Å². The fourth-order valence-corrected chi connectivity index (χ4v) is 3.53. The Bertz CT molecular complexity index is 447. The van der Waals surface area contributed by atoms with Crippen molar-refractivity contribution in [3.05, 3.63) is 29.6 Å². The molecule has 2 rings (SSSR count). The van der Waals surface area contributed by atoms with Gasteiger partial charge in [-0.25, -0.2) is 4.39 Å². The maximum atomic E-state index is 14.4. The molecule has 0 aromatic heterocycles. The third-order valence-electron chi connectivity index (χ3n) is 4.63. The molecular weight excluding hydrogens is 263 g/mol. The van der Waals surface area contributed by atoms with Crippen molar-refractivity contribution in [2.75, 3.05) is 18.0 Å². The molecule has 0 radical (unpaired) electrons. The van der Waals surface area contributed by atoms with Crippen molar-refractivity contribution in [2.45, 2.75) is 65.0 Å². The first-order valence-electron chi connectivity index (χ1n) is 8.47. The van der Waals surface area contributed by atoms with Gasteiger partial charge in [-0.15, -0.1) is 0 Å². The van der Waals surface area contributed by atoms with Crippen LogP contribution in [-0.4, -0.2) is 19.1 Å². The molecule has 0 spiro atoms. The lowest BCUT2D eigenvalue weighted by Gasteiger charge is -2.34. The van der Waals surface area contributed by atoms with E-state index in [9.17, 15) is 4.39 Å². The molecule has 1 aromatic rings. The van der Waals surface area contributed by atoms with Crippen molar-refractivity contribution in [3.8, 4) is 0 Å². The van der Waals surface area contributed by atoms with E-state index in [0.29, 0.717) is 6.04 Å². The molecule has 2 unspecified atom stereocenters. The van der Waals surface area contributed by atoms with Crippen molar-refractivity contribution in [1.29, 1.82) is 0 Å². The summed E-state index contributed by atoms with van der Waals surface area (Å²) in [5.41, 5.74) is 1.93. The second-order valence-electron chi connectivity index (χ2n) is 6.06. The van der Waals surface area contributed by atoms with Gasteiger partial charge in [0.1, 0.15) is 5.82 Å². The summed E-state index contributed by atoms with van der Waals surface area (Å²) in [6.07, 6.45) is 6.15. The summed E-state index contributed by atoms with van der Waals surface area (Å²) in [6, 6.07) is 6.13. The Hall–Kier alpha value is -1.09. The van der Waals surface area contributed by atoms with E-state index in [4.69, 9.17) is 0 Å². The van der Waals surface area contributed by atoms with Gasteiger partial charge >= 0.3 is 0 Å². The van der Waals surface area contributed by atoms with E-state index in [1.165, 1.54) is 25.7 Å². The average molecular weight is 292 g/mol. The number of hydrogen-bond donors (Lipinski definition) is 1. The number of nitrogens with zero attached hydrogens (tertiary/aromatic N) is 1. The highest BCUT2D eigenvalue weighted by molar-refractivity contribution is 5.56. The molecule has 2 nitrogen and oxygen atoms in total. The molecule has 0 bridgehead atoms. The minimum atomic E-state index is -0.0833. The van der Waals surface area contributed by atoms with E-state index in [1.54, 1.807) is 6.07 Å². The third kappa shape index (κ3) is 3.76. The highest BCUT2D eigenvalue weighted by Gasteiger charge is 2.25. The molecule has 1 saturated heterocycles. The number of anilines is 1. The second-order valence-corrected chi connectivity index (χ2v) is 6.06. The average Bonchev–Trinajstić information content (AvgIpc) is 2.72. The van der Waals surface area contributed by atoms with Crippen LogP contribution in [-0.2, 0) is 0 Å². The maximum absolute atomic E-state index is 14.4. The zero-order valence-electron chi connectivity index (χ0n) is 13.7. The minimum absolute atomic E-state index is 0.0481. The highest BCUT2D eigenvalue weighted by atomic mass is 19.1. The van der Waals surface area contributed by atoms with Gasteiger partial charge in [-0.2, -0.15) is 0 Å². The van der Waals surface area contributed by atoms with Crippen LogP contribution >= 0.6 is 0 Å². The number of nitrogens with one attached hydrogen (secondary N) is 1. The molecule has 1 aliphatic rings. The number of halogens is 1. The lowest BCUT2D eigenvalue weighted by molar-refractivity contribution is 0.523. The van der Waals surface area contributed by atoms with Gasteiger partial charge in [0.15, 0.2) is 0 Å². The van der Waals surface area contributed by atoms with E-state index in [2.05, 4.69) is 37.1 Å². The number of rotatable bonds is 5. The molecule has 1 N–H and O–H groups in total. The van der Waals surface area contributed by atoms with Crippen molar-refractivity contribution < 1.29 is 4.39 Å². The van der Waals surface area contributed by atoms with Crippen molar-refractivity contribution >= 4 is 5.69 Å². The normalized spacial score (nSPS) is 21.1. The smallest absolute Gasteiger partial charge is 0.130 e. The summed E-state index contributed by atoms with van der Waals surface area (Å²) >= 11 is 0. The molecule has 0 amide bonds. The first-order valence-corrected chi connectivity index (χ1v) is 8.47. The molecule has 21 heavy (non-hydrogen) atoms. The van der Waals surface area contributed by atoms with Crippen LogP contribution in [0.1, 0.15) is 64.5 Å².